The number of alkyl halides is 3. The number of hydrogen-bond acceptors (Lipinski definition) is 3. The number of nitrogens with one attached hydrogen (secondary N) is 2. The molecular weight excluding hydrogens is 510 g/mol. The van der Waals surface area contributed by atoms with Crippen LogP contribution in [-0.2, 0) is 12.7 Å². The molecule has 4 nitrogen and oxygen atoms in total. The molecule has 10 heteroatoms. The van der Waals surface area contributed by atoms with Crippen molar-refractivity contribution < 1.29 is 36.2 Å². The topological polar surface area (TPSA) is 61.4 Å². The quantitative estimate of drug-likeness (QED) is 0.230. The summed E-state index contributed by atoms with van der Waals surface area (Å²) in [5, 5.41) is 14.7. The van der Waals surface area contributed by atoms with Gasteiger partial charge in [-0.1, -0.05) is 18.2 Å². The summed E-state index contributed by atoms with van der Waals surface area (Å²) in [5.74, 6) is -3.53. The van der Waals surface area contributed by atoms with Crippen LogP contribution in [0.1, 0.15) is 51.5 Å². The number of carbonyl (C=O) groups excluding carboxylic acids is 1. The average molecular weight is 537 g/mol. The SMILES string of the molecule is Cc1cc([C@@H](NC(=O)c2cc(CNCCO)cc(-c3ccc(F)cc3C(F)(F)F)c2F)C2CC2)ccc1F. The van der Waals surface area contributed by atoms with Crippen LogP contribution in [0.5, 0.6) is 0 Å². The van der Waals surface area contributed by atoms with Crippen LogP contribution in [0.15, 0.2) is 48.5 Å². The highest BCUT2D eigenvalue weighted by atomic mass is 19.4. The van der Waals surface area contributed by atoms with Crippen LogP contribution in [0, 0.1) is 30.3 Å². The summed E-state index contributed by atoms with van der Waals surface area (Å²) >= 11 is 0. The molecule has 0 heterocycles. The van der Waals surface area contributed by atoms with Crippen molar-refractivity contribution in [1.82, 2.24) is 10.6 Å². The van der Waals surface area contributed by atoms with E-state index in [9.17, 15) is 26.7 Å². The van der Waals surface area contributed by atoms with Crippen molar-refractivity contribution in [3.8, 4) is 11.1 Å². The summed E-state index contributed by atoms with van der Waals surface area (Å²) in [6, 6.07) is 8.18. The van der Waals surface area contributed by atoms with Gasteiger partial charge in [0.25, 0.3) is 5.91 Å². The van der Waals surface area contributed by atoms with E-state index in [2.05, 4.69) is 10.6 Å². The van der Waals surface area contributed by atoms with Gasteiger partial charge in [-0.2, -0.15) is 13.2 Å². The van der Waals surface area contributed by atoms with Crippen molar-refractivity contribution >= 4 is 5.91 Å². The van der Waals surface area contributed by atoms with Crippen molar-refractivity contribution in [3.05, 3.63) is 93.8 Å². The molecule has 38 heavy (non-hydrogen) atoms. The van der Waals surface area contributed by atoms with Gasteiger partial charge in [0.2, 0.25) is 0 Å². The highest BCUT2D eigenvalue weighted by molar-refractivity contribution is 5.96. The fourth-order valence-electron chi connectivity index (χ4n) is 4.43. The third-order valence-corrected chi connectivity index (χ3v) is 6.49. The number of rotatable bonds is 9. The molecule has 0 saturated heterocycles. The molecular formula is C28H26F6N2O2. The Kier molecular flexibility index (Phi) is 8.13. The van der Waals surface area contributed by atoms with Crippen LogP contribution in [-0.4, -0.2) is 24.2 Å². The van der Waals surface area contributed by atoms with E-state index in [4.69, 9.17) is 5.11 Å². The molecule has 1 atom stereocenters. The zero-order chi connectivity index (χ0) is 27.6. The van der Waals surface area contributed by atoms with Crippen LogP contribution in [0.3, 0.4) is 0 Å². The maximum absolute atomic E-state index is 15.8. The van der Waals surface area contributed by atoms with Gasteiger partial charge in [-0.05, 0) is 78.3 Å². The third kappa shape index (κ3) is 6.19. The van der Waals surface area contributed by atoms with E-state index < -0.39 is 57.8 Å². The Morgan fingerprint density at radius 2 is 1.76 bits per heavy atom. The molecule has 1 aliphatic carbocycles. The monoisotopic (exact) mass is 536 g/mol. The van der Waals surface area contributed by atoms with Gasteiger partial charge in [-0.15, -0.1) is 0 Å². The van der Waals surface area contributed by atoms with Gasteiger partial charge in [0, 0.05) is 18.7 Å². The normalized spacial score (nSPS) is 14.4. The number of amides is 1. The molecule has 0 aliphatic heterocycles. The van der Waals surface area contributed by atoms with E-state index in [1.165, 1.54) is 24.3 Å². The van der Waals surface area contributed by atoms with Crippen LogP contribution < -0.4 is 10.6 Å². The zero-order valence-corrected chi connectivity index (χ0v) is 20.4. The molecule has 1 fully saturated rings. The number of benzene rings is 3. The second kappa shape index (κ2) is 11.2. The van der Waals surface area contributed by atoms with Gasteiger partial charge in [0.05, 0.1) is 23.8 Å². The standard InChI is InChI=1S/C28H26F6N2O2/c1-15-10-18(4-7-24(15)30)26(17-2-3-17)36-27(38)22-12-16(14-35-8-9-37)11-21(25(22)31)20-6-5-19(29)13-23(20)28(32,33)34/h4-7,10-13,17,26,35,37H,2-3,8-9,14H2,1H3,(H,36,38)/t26-/m0/s1. The Morgan fingerprint density at radius 3 is 2.39 bits per heavy atom. The summed E-state index contributed by atoms with van der Waals surface area (Å²) in [7, 11) is 0. The van der Waals surface area contributed by atoms with Gasteiger partial charge in [0.15, 0.2) is 0 Å². The first-order chi connectivity index (χ1) is 18.0. The van der Waals surface area contributed by atoms with E-state index in [-0.39, 0.29) is 37.2 Å². The molecule has 0 bridgehead atoms. The summed E-state index contributed by atoms with van der Waals surface area (Å²) in [5.41, 5.74) is -1.67. The maximum Gasteiger partial charge on any atom is 0.417 e. The highest BCUT2D eigenvalue weighted by Gasteiger charge is 2.37. The van der Waals surface area contributed by atoms with Crippen LogP contribution in [0.4, 0.5) is 26.3 Å². The number of carbonyl (C=O) groups is 1. The minimum atomic E-state index is -4.98. The fourth-order valence-corrected chi connectivity index (χ4v) is 4.43. The summed E-state index contributed by atoms with van der Waals surface area (Å²) in [4.78, 5) is 13.4. The lowest BCUT2D eigenvalue weighted by Gasteiger charge is -2.21. The number of aryl methyl sites for hydroxylation is 1. The molecule has 1 saturated carbocycles. The Balaban J connectivity index is 1.77. The number of hydrogen-bond donors (Lipinski definition) is 3. The molecule has 3 N–H and O–H groups in total. The van der Waals surface area contributed by atoms with Crippen molar-refractivity contribution in [3.63, 3.8) is 0 Å². The van der Waals surface area contributed by atoms with Gasteiger partial charge in [-0.25, -0.2) is 13.2 Å². The summed E-state index contributed by atoms with van der Waals surface area (Å²) in [6.45, 7) is 1.56. The van der Waals surface area contributed by atoms with Gasteiger partial charge < -0.3 is 15.7 Å². The molecule has 1 amide bonds. The van der Waals surface area contributed by atoms with Gasteiger partial charge in [0.1, 0.15) is 17.5 Å². The smallest absolute Gasteiger partial charge is 0.395 e. The molecule has 3 aromatic rings. The van der Waals surface area contributed by atoms with E-state index in [1.54, 1.807) is 13.0 Å². The summed E-state index contributed by atoms with van der Waals surface area (Å²) < 4.78 is 84.5. The lowest BCUT2D eigenvalue weighted by Crippen LogP contribution is -2.31. The fraction of sp³-hybridized carbons (Fsp3) is 0.321. The summed E-state index contributed by atoms with van der Waals surface area (Å²) in [6.07, 6.45) is -3.38. The predicted octanol–water partition coefficient (Wildman–Crippen LogP) is 6.06. The molecule has 0 unspecified atom stereocenters. The van der Waals surface area contributed by atoms with Crippen LogP contribution in [0.2, 0.25) is 0 Å². The minimum Gasteiger partial charge on any atom is -0.395 e. The second-order valence-electron chi connectivity index (χ2n) is 9.39. The van der Waals surface area contributed by atoms with Crippen molar-refractivity contribution in [2.24, 2.45) is 5.92 Å². The predicted molar refractivity (Wildman–Crippen MR) is 130 cm³/mol. The molecule has 4 rings (SSSR count). The Morgan fingerprint density at radius 1 is 1.03 bits per heavy atom. The average Bonchev–Trinajstić information content (AvgIpc) is 3.70. The molecule has 202 valence electrons. The Labute approximate surface area is 215 Å². The number of aliphatic hydroxyl groups is 1. The second-order valence-corrected chi connectivity index (χ2v) is 9.39. The lowest BCUT2D eigenvalue weighted by molar-refractivity contribution is -0.137. The maximum atomic E-state index is 15.8. The molecule has 1 aliphatic rings. The van der Waals surface area contributed by atoms with Crippen LogP contribution in [0.25, 0.3) is 11.1 Å². The Hall–Kier alpha value is -3.37. The van der Waals surface area contributed by atoms with E-state index >= 15 is 4.39 Å². The molecule has 0 spiro atoms. The number of halogens is 6. The first-order valence-electron chi connectivity index (χ1n) is 12.1. The van der Waals surface area contributed by atoms with Crippen LogP contribution >= 0.6 is 0 Å². The lowest BCUT2D eigenvalue weighted by atomic mass is 9.93. The first kappa shape index (κ1) is 27.7. The minimum absolute atomic E-state index is 0.0277. The molecule has 0 radical (unpaired) electrons. The van der Waals surface area contributed by atoms with Gasteiger partial charge in [-0.3, -0.25) is 4.79 Å². The number of aliphatic hydroxyl groups excluding tert-OH is 1. The van der Waals surface area contributed by atoms with E-state index in [0.29, 0.717) is 11.1 Å². The van der Waals surface area contributed by atoms with E-state index in [1.807, 2.05) is 0 Å². The van der Waals surface area contributed by atoms with Crippen molar-refractivity contribution in [2.75, 3.05) is 13.2 Å². The third-order valence-electron chi connectivity index (χ3n) is 6.49. The van der Waals surface area contributed by atoms with Gasteiger partial charge >= 0.3 is 6.18 Å². The molecule has 3 aromatic carbocycles. The van der Waals surface area contributed by atoms with E-state index in [0.717, 1.165) is 25.0 Å². The first-order valence-corrected chi connectivity index (χ1v) is 12.1. The highest BCUT2D eigenvalue weighted by Crippen LogP contribution is 2.42. The largest absolute Gasteiger partial charge is 0.417 e. The zero-order valence-electron chi connectivity index (χ0n) is 20.4. The Bertz CT molecular complexity index is 1340. The van der Waals surface area contributed by atoms with Crippen molar-refractivity contribution in [1.29, 1.82) is 0 Å². The van der Waals surface area contributed by atoms with Crippen molar-refractivity contribution in [2.45, 2.75) is 38.5 Å². The molecule has 0 aromatic heterocycles.